The van der Waals surface area contributed by atoms with Crippen molar-refractivity contribution in [3.05, 3.63) is 0 Å². The molecule has 0 aromatic rings. The summed E-state index contributed by atoms with van der Waals surface area (Å²) in [5, 5.41) is 8.30. The van der Waals surface area contributed by atoms with Crippen LogP contribution in [0.25, 0.3) is 0 Å². The summed E-state index contributed by atoms with van der Waals surface area (Å²) in [4.78, 5) is 11.9. The molecular weight excluding hydrogens is 120 g/mol. The van der Waals surface area contributed by atoms with E-state index in [2.05, 4.69) is 0 Å². The van der Waals surface area contributed by atoms with Gasteiger partial charge in [-0.1, -0.05) is 0 Å². The zero-order valence-electron chi connectivity index (χ0n) is 5.50. The predicted molar refractivity (Wildman–Crippen MR) is 33.8 cm³/mol. The summed E-state index contributed by atoms with van der Waals surface area (Å²) < 4.78 is 0. The van der Waals surface area contributed by atoms with Gasteiger partial charge in [-0.05, 0) is 0 Å². The van der Waals surface area contributed by atoms with Crippen molar-refractivity contribution in [2.45, 2.75) is 0 Å². The molecule has 0 spiro atoms. The minimum absolute atomic E-state index is 0.291. The first-order valence-electron chi connectivity index (χ1n) is 2.77. The van der Waals surface area contributed by atoms with Gasteiger partial charge < -0.3 is 15.7 Å². The average molecular weight is 132 g/mol. The number of hydrogen-bond acceptors (Lipinski definition) is 3. The van der Waals surface area contributed by atoms with Gasteiger partial charge in [-0.2, -0.15) is 0 Å². The van der Waals surface area contributed by atoms with E-state index < -0.39 is 6.61 Å². The molecule has 0 aliphatic rings. The van der Waals surface area contributed by atoms with Gasteiger partial charge in [0.05, 0.1) is 0 Å². The van der Waals surface area contributed by atoms with Crippen LogP contribution in [0.3, 0.4) is 0 Å². The molecule has 9 heavy (non-hydrogen) atoms. The molecule has 0 bridgehead atoms. The Morgan fingerprint density at radius 3 is 2.67 bits per heavy atom. The summed E-state index contributed by atoms with van der Waals surface area (Å²) in [6.07, 6.45) is 0. The topological polar surface area (TPSA) is 66.6 Å². The van der Waals surface area contributed by atoms with E-state index in [9.17, 15) is 4.79 Å². The normalized spacial score (nSPS) is 9.22. The maximum absolute atomic E-state index is 10.5. The summed E-state index contributed by atoms with van der Waals surface area (Å²) in [7, 11) is 1.60. The summed E-state index contributed by atoms with van der Waals surface area (Å²) in [5.74, 6) is -0.291. The molecule has 1 amide bonds. The third-order valence-electron chi connectivity index (χ3n) is 1.03. The second kappa shape index (κ2) is 4.29. The van der Waals surface area contributed by atoms with Crippen LogP contribution in [0.4, 0.5) is 0 Å². The molecule has 0 rings (SSSR count). The van der Waals surface area contributed by atoms with Crippen LogP contribution in [0.15, 0.2) is 0 Å². The summed E-state index contributed by atoms with van der Waals surface area (Å²) in [5.41, 5.74) is 5.15. The minimum Gasteiger partial charge on any atom is -0.387 e. The minimum atomic E-state index is -0.434. The van der Waals surface area contributed by atoms with Crippen molar-refractivity contribution < 1.29 is 9.90 Å². The predicted octanol–water partition coefficient (Wildman–Crippen LogP) is -1.60. The summed E-state index contributed by atoms with van der Waals surface area (Å²) in [6, 6.07) is 0. The van der Waals surface area contributed by atoms with Gasteiger partial charge in [-0.15, -0.1) is 0 Å². The zero-order chi connectivity index (χ0) is 7.28. The first-order valence-corrected chi connectivity index (χ1v) is 2.77. The highest BCUT2D eigenvalue weighted by Gasteiger charge is 2.03. The van der Waals surface area contributed by atoms with Crippen molar-refractivity contribution in [3.63, 3.8) is 0 Å². The Hall–Kier alpha value is -0.610. The standard InChI is InChI=1S/C5H12N2O2/c1-7(3-2-6)5(9)4-8/h8H,2-4,6H2,1H3. The van der Waals surface area contributed by atoms with Crippen molar-refractivity contribution in [1.82, 2.24) is 4.90 Å². The van der Waals surface area contributed by atoms with E-state index in [-0.39, 0.29) is 5.91 Å². The fourth-order valence-corrected chi connectivity index (χ4v) is 0.439. The molecule has 0 heterocycles. The van der Waals surface area contributed by atoms with Gasteiger partial charge in [0, 0.05) is 20.1 Å². The summed E-state index contributed by atoms with van der Waals surface area (Å²) in [6.45, 7) is 0.498. The van der Waals surface area contributed by atoms with E-state index in [0.717, 1.165) is 0 Å². The van der Waals surface area contributed by atoms with Crippen LogP contribution in [0.1, 0.15) is 0 Å². The van der Waals surface area contributed by atoms with E-state index in [1.165, 1.54) is 4.90 Å². The van der Waals surface area contributed by atoms with E-state index in [1.54, 1.807) is 7.05 Å². The Morgan fingerprint density at radius 2 is 2.33 bits per heavy atom. The third-order valence-corrected chi connectivity index (χ3v) is 1.03. The van der Waals surface area contributed by atoms with Crippen LogP contribution < -0.4 is 5.73 Å². The molecule has 0 fully saturated rings. The maximum Gasteiger partial charge on any atom is 0.248 e. The number of nitrogens with zero attached hydrogens (tertiary/aromatic N) is 1. The lowest BCUT2D eigenvalue weighted by Gasteiger charge is -2.13. The number of aliphatic hydroxyl groups excluding tert-OH is 1. The molecule has 4 nitrogen and oxygen atoms in total. The molecule has 0 aliphatic carbocycles. The van der Waals surface area contributed by atoms with Crippen LogP contribution in [0.5, 0.6) is 0 Å². The molecule has 3 N–H and O–H groups in total. The monoisotopic (exact) mass is 132 g/mol. The highest BCUT2D eigenvalue weighted by molar-refractivity contribution is 5.76. The van der Waals surface area contributed by atoms with Crippen LogP contribution in [-0.2, 0) is 4.79 Å². The third kappa shape index (κ3) is 3.05. The van der Waals surface area contributed by atoms with E-state index in [0.29, 0.717) is 13.1 Å². The lowest BCUT2D eigenvalue weighted by atomic mass is 10.5. The Labute approximate surface area is 54.3 Å². The average Bonchev–Trinajstić information content (AvgIpc) is 1.87. The van der Waals surface area contributed by atoms with Crippen LogP contribution in [0.2, 0.25) is 0 Å². The molecule has 0 aromatic heterocycles. The molecule has 0 saturated carbocycles. The molecule has 0 radical (unpaired) electrons. The first-order chi connectivity index (χ1) is 4.22. The molecule has 0 unspecified atom stereocenters. The fourth-order valence-electron chi connectivity index (χ4n) is 0.439. The quantitative estimate of drug-likeness (QED) is 0.486. The van der Waals surface area contributed by atoms with Crippen molar-refractivity contribution in [3.8, 4) is 0 Å². The zero-order valence-corrected chi connectivity index (χ0v) is 5.50. The van der Waals surface area contributed by atoms with Crippen molar-refractivity contribution >= 4 is 5.91 Å². The Balaban J connectivity index is 3.45. The van der Waals surface area contributed by atoms with Crippen LogP contribution in [0, 0.1) is 0 Å². The highest BCUT2D eigenvalue weighted by atomic mass is 16.3. The van der Waals surface area contributed by atoms with Crippen molar-refractivity contribution in [2.24, 2.45) is 5.73 Å². The SMILES string of the molecule is CN(CCN)C(=O)CO. The Kier molecular flexibility index (Phi) is 4.00. The van der Waals surface area contributed by atoms with E-state index in [1.807, 2.05) is 0 Å². The van der Waals surface area contributed by atoms with Gasteiger partial charge in [0.15, 0.2) is 0 Å². The number of aliphatic hydroxyl groups is 1. The number of carbonyl (C=O) groups excluding carboxylic acids is 1. The number of amides is 1. The van der Waals surface area contributed by atoms with Gasteiger partial charge in [-0.25, -0.2) is 0 Å². The number of hydrogen-bond donors (Lipinski definition) is 2. The molecule has 0 aromatic carbocycles. The fraction of sp³-hybridized carbons (Fsp3) is 0.800. The van der Waals surface area contributed by atoms with Crippen molar-refractivity contribution in [2.75, 3.05) is 26.7 Å². The van der Waals surface area contributed by atoms with E-state index >= 15 is 0 Å². The van der Waals surface area contributed by atoms with Gasteiger partial charge in [0.25, 0.3) is 0 Å². The molecule has 54 valence electrons. The smallest absolute Gasteiger partial charge is 0.248 e. The first kappa shape index (κ1) is 8.39. The highest BCUT2D eigenvalue weighted by Crippen LogP contribution is 1.79. The largest absolute Gasteiger partial charge is 0.387 e. The van der Waals surface area contributed by atoms with Crippen molar-refractivity contribution in [1.29, 1.82) is 0 Å². The Bertz CT molecular complexity index is 95.0. The number of carbonyl (C=O) groups is 1. The number of rotatable bonds is 3. The molecule has 0 saturated heterocycles. The van der Waals surface area contributed by atoms with E-state index in [4.69, 9.17) is 10.8 Å². The number of likely N-dealkylation sites (N-methyl/N-ethyl adjacent to an activating group) is 1. The second-order valence-electron chi connectivity index (χ2n) is 1.76. The lowest BCUT2D eigenvalue weighted by molar-refractivity contribution is -0.132. The van der Waals surface area contributed by atoms with Crippen LogP contribution >= 0.6 is 0 Å². The molecule has 0 aliphatic heterocycles. The second-order valence-corrected chi connectivity index (χ2v) is 1.76. The van der Waals surface area contributed by atoms with Gasteiger partial charge in [0.2, 0.25) is 5.91 Å². The lowest BCUT2D eigenvalue weighted by Crippen LogP contribution is -2.33. The molecule has 4 heteroatoms. The summed E-state index contributed by atoms with van der Waals surface area (Å²) >= 11 is 0. The molecular formula is C5H12N2O2. The molecule has 0 atom stereocenters. The van der Waals surface area contributed by atoms with Gasteiger partial charge in [0.1, 0.15) is 6.61 Å². The Morgan fingerprint density at radius 1 is 1.78 bits per heavy atom. The van der Waals surface area contributed by atoms with Crippen LogP contribution in [-0.4, -0.2) is 42.7 Å². The van der Waals surface area contributed by atoms with Gasteiger partial charge >= 0.3 is 0 Å². The van der Waals surface area contributed by atoms with Gasteiger partial charge in [-0.3, -0.25) is 4.79 Å². The maximum atomic E-state index is 10.5. The number of nitrogens with two attached hydrogens (primary N) is 1.